The zero-order chi connectivity index (χ0) is 8.55. The monoisotopic (exact) mass is 183 g/mol. The van der Waals surface area contributed by atoms with Crippen molar-refractivity contribution >= 4 is 17.5 Å². The van der Waals surface area contributed by atoms with E-state index < -0.39 is 5.97 Å². The topological polar surface area (TPSA) is 50.2 Å². The molecule has 1 N–H and O–H groups in total. The van der Waals surface area contributed by atoms with E-state index in [1.807, 2.05) is 0 Å². The molecule has 0 radical (unpaired) electrons. The third kappa shape index (κ3) is 1.22. The van der Waals surface area contributed by atoms with Gasteiger partial charge in [-0.25, -0.2) is 4.79 Å². The fraction of sp³-hybridized carbons (Fsp3) is 0.500. The van der Waals surface area contributed by atoms with E-state index in [9.17, 15) is 4.79 Å². The average molecular weight is 183 g/mol. The number of hydrogen-bond donors (Lipinski definition) is 1. The van der Waals surface area contributed by atoms with Gasteiger partial charge >= 0.3 is 5.97 Å². The van der Waals surface area contributed by atoms with Gasteiger partial charge in [0.15, 0.2) is 5.69 Å². The van der Waals surface area contributed by atoms with Gasteiger partial charge in [-0.2, -0.15) is 4.37 Å². The lowest BCUT2D eigenvalue weighted by Gasteiger charge is -2.23. The molecule has 64 valence electrons. The fourth-order valence-corrected chi connectivity index (χ4v) is 2.16. The van der Waals surface area contributed by atoms with E-state index in [0.717, 1.165) is 4.88 Å². The van der Waals surface area contributed by atoms with Crippen molar-refractivity contribution in [3.63, 3.8) is 0 Å². The number of nitrogens with zero attached hydrogens (tertiary/aromatic N) is 1. The second-order valence-corrected chi connectivity index (χ2v) is 3.88. The molecule has 0 saturated heterocycles. The van der Waals surface area contributed by atoms with Gasteiger partial charge in [0.25, 0.3) is 0 Å². The van der Waals surface area contributed by atoms with E-state index in [0.29, 0.717) is 5.92 Å². The van der Waals surface area contributed by atoms with E-state index in [1.165, 1.54) is 30.8 Å². The Bertz CT molecular complexity index is 304. The highest BCUT2D eigenvalue weighted by Crippen LogP contribution is 2.38. The predicted octanol–water partition coefficient (Wildman–Crippen LogP) is 2.11. The van der Waals surface area contributed by atoms with Crippen molar-refractivity contribution < 1.29 is 9.90 Å². The minimum absolute atomic E-state index is 0.196. The largest absolute Gasteiger partial charge is 0.476 e. The first-order valence-corrected chi connectivity index (χ1v) is 4.74. The molecule has 0 spiro atoms. The van der Waals surface area contributed by atoms with Crippen LogP contribution < -0.4 is 0 Å². The quantitative estimate of drug-likeness (QED) is 0.763. The van der Waals surface area contributed by atoms with Crippen LogP contribution in [0.25, 0.3) is 0 Å². The van der Waals surface area contributed by atoms with Crippen LogP contribution in [-0.2, 0) is 0 Å². The van der Waals surface area contributed by atoms with Crippen LogP contribution in [0, 0.1) is 0 Å². The van der Waals surface area contributed by atoms with Gasteiger partial charge < -0.3 is 5.11 Å². The molecule has 4 heteroatoms. The van der Waals surface area contributed by atoms with Crippen molar-refractivity contribution in [1.29, 1.82) is 0 Å². The van der Waals surface area contributed by atoms with Crippen molar-refractivity contribution in [3.8, 4) is 0 Å². The molecule has 0 aromatic carbocycles. The molecule has 1 heterocycles. The van der Waals surface area contributed by atoms with Gasteiger partial charge in [0.1, 0.15) is 0 Å². The maximum Gasteiger partial charge on any atom is 0.355 e. The number of hydrogen-bond acceptors (Lipinski definition) is 3. The van der Waals surface area contributed by atoms with E-state index in [1.54, 1.807) is 6.07 Å². The first-order valence-electron chi connectivity index (χ1n) is 3.97. The third-order valence-electron chi connectivity index (χ3n) is 2.26. The Morgan fingerprint density at radius 2 is 2.42 bits per heavy atom. The molecule has 1 fully saturated rings. The molecule has 1 aromatic heterocycles. The van der Waals surface area contributed by atoms with Crippen molar-refractivity contribution in [2.45, 2.75) is 25.2 Å². The second-order valence-electron chi connectivity index (χ2n) is 3.05. The number of rotatable bonds is 2. The van der Waals surface area contributed by atoms with Gasteiger partial charge in [-0.1, -0.05) is 6.42 Å². The molecule has 1 aliphatic carbocycles. The molecule has 1 saturated carbocycles. The SMILES string of the molecule is O=C(O)c1cc(C2CCC2)sn1. The van der Waals surface area contributed by atoms with Gasteiger partial charge in [-0.15, -0.1) is 0 Å². The molecule has 3 nitrogen and oxygen atoms in total. The Morgan fingerprint density at radius 3 is 2.83 bits per heavy atom. The Morgan fingerprint density at radius 1 is 1.67 bits per heavy atom. The highest BCUT2D eigenvalue weighted by Gasteiger charge is 2.22. The number of carboxylic acid groups (broad SMARTS) is 1. The number of carboxylic acids is 1. The minimum atomic E-state index is -0.920. The maximum atomic E-state index is 10.5. The summed E-state index contributed by atoms with van der Waals surface area (Å²) in [6.45, 7) is 0. The van der Waals surface area contributed by atoms with Crippen molar-refractivity contribution in [1.82, 2.24) is 4.37 Å². The smallest absolute Gasteiger partial charge is 0.355 e. The second kappa shape index (κ2) is 2.86. The average Bonchev–Trinajstić information content (AvgIpc) is 2.32. The van der Waals surface area contributed by atoms with Crippen molar-refractivity contribution in [3.05, 3.63) is 16.6 Å². The lowest BCUT2D eigenvalue weighted by atomic mass is 9.84. The van der Waals surface area contributed by atoms with Crippen LogP contribution in [-0.4, -0.2) is 15.4 Å². The molecule has 0 amide bonds. The summed E-state index contributed by atoms with van der Waals surface area (Å²) in [5, 5.41) is 8.61. The Kier molecular flexibility index (Phi) is 1.84. The summed E-state index contributed by atoms with van der Waals surface area (Å²) >= 11 is 1.33. The summed E-state index contributed by atoms with van der Waals surface area (Å²) in [5.41, 5.74) is 0.196. The third-order valence-corrected chi connectivity index (χ3v) is 3.21. The highest BCUT2D eigenvalue weighted by atomic mass is 32.1. The van der Waals surface area contributed by atoms with Gasteiger partial charge in [0, 0.05) is 4.88 Å². The van der Waals surface area contributed by atoms with Crippen LogP contribution >= 0.6 is 11.5 Å². The van der Waals surface area contributed by atoms with Gasteiger partial charge in [0.2, 0.25) is 0 Å². The van der Waals surface area contributed by atoms with Gasteiger partial charge in [0.05, 0.1) is 0 Å². The molecule has 1 aromatic rings. The minimum Gasteiger partial charge on any atom is -0.476 e. The summed E-state index contributed by atoms with van der Waals surface area (Å²) in [7, 11) is 0. The first-order chi connectivity index (χ1) is 5.77. The number of aromatic carboxylic acids is 1. The summed E-state index contributed by atoms with van der Waals surface area (Å²) in [5.74, 6) is -0.326. The van der Waals surface area contributed by atoms with E-state index >= 15 is 0 Å². The zero-order valence-corrected chi connectivity index (χ0v) is 7.30. The zero-order valence-electron chi connectivity index (χ0n) is 6.49. The number of carbonyl (C=O) groups is 1. The van der Waals surface area contributed by atoms with Crippen molar-refractivity contribution in [2.24, 2.45) is 0 Å². The Hall–Kier alpha value is -0.900. The maximum absolute atomic E-state index is 10.5. The summed E-state index contributed by atoms with van der Waals surface area (Å²) in [6, 6.07) is 1.71. The molecular weight excluding hydrogens is 174 g/mol. The molecule has 0 aliphatic heterocycles. The van der Waals surface area contributed by atoms with Gasteiger partial charge in [-0.3, -0.25) is 0 Å². The van der Waals surface area contributed by atoms with Crippen LogP contribution in [0.5, 0.6) is 0 Å². The molecule has 12 heavy (non-hydrogen) atoms. The summed E-state index contributed by atoms with van der Waals surface area (Å²) < 4.78 is 3.86. The predicted molar refractivity (Wildman–Crippen MR) is 45.7 cm³/mol. The fourth-order valence-electron chi connectivity index (χ4n) is 1.28. The van der Waals surface area contributed by atoms with E-state index in [2.05, 4.69) is 4.37 Å². The molecular formula is C8H9NO2S. The lowest BCUT2D eigenvalue weighted by molar-refractivity contribution is 0.0692. The molecule has 0 unspecified atom stereocenters. The van der Waals surface area contributed by atoms with Crippen LogP contribution in [0.3, 0.4) is 0 Å². The number of aromatic nitrogens is 1. The van der Waals surface area contributed by atoms with E-state index in [-0.39, 0.29) is 5.69 Å². The highest BCUT2D eigenvalue weighted by molar-refractivity contribution is 7.06. The normalized spacial score (nSPS) is 17.3. The summed E-state index contributed by atoms with van der Waals surface area (Å²) in [6.07, 6.45) is 3.66. The summed E-state index contributed by atoms with van der Waals surface area (Å²) in [4.78, 5) is 11.6. The Labute approximate surface area is 74.2 Å². The van der Waals surface area contributed by atoms with Crippen LogP contribution in [0.4, 0.5) is 0 Å². The molecule has 1 aliphatic rings. The van der Waals surface area contributed by atoms with Crippen LogP contribution in [0.15, 0.2) is 6.07 Å². The lowest BCUT2D eigenvalue weighted by Crippen LogP contribution is -2.06. The van der Waals surface area contributed by atoms with Gasteiger partial charge in [-0.05, 0) is 36.4 Å². The van der Waals surface area contributed by atoms with Crippen LogP contribution in [0.1, 0.15) is 40.5 Å². The van der Waals surface area contributed by atoms with E-state index in [4.69, 9.17) is 5.11 Å². The van der Waals surface area contributed by atoms with Crippen LogP contribution in [0.2, 0.25) is 0 Å². The first kappa shape index (κ1) is 7.73. The van der Waals surface area contributed by atoms with Crippen molar-refractivity contribution in [2.75, 3.05) is 0 Å². The molecule has 0 atom stereocenters. The molecule has 0 bridgehead atoms. The Balaban J connectivity index is 2.17. The molecule has 2 rings (SSSR count). The standard InChI is InChI=1S/C8H9NO2S/c10-8(11)6-4-7(12-9-6)5-2-1-3-5/h4-5H,1-3H2,(H,10,11).